The lowest BCUT2D eigenvalue weighted by atomic mass is 9.96. The van der Waals surface area contributed by atoms with E-state index in [0.29, 0.717) is 0 Å². The molecule has 2 nitrogen and oxygen atoms in total. The number of nitrogens with one attached hydrogen (secondary N) is 1. The number of hydrogen-bond acceptors (Lipinski definition) is 2. The summed E-state index contributed by atoms with van der Waals surface area (Å²) in [6.07, 6.45) is 0. The molecule has 2 heteroatoms. The number of furan rings is 1. The van der Waals surface area contributed by atoms with Gasteiger partial charge in [-0.25, -0.2) is 0 Å². The molecule has 1 heterocycles. The van der Waals surface area contributed by atoms with Gasteiger partial charge in [-0.05, 0) is 73.8 Å². The Kier molecular flexibility index (Phi) is 4.55. The van der Waals surface area contributed by atoms with Gasteiger partial charge in [0.2, 0.25) is 0 Å². The largest absolute Gasteiger partial charge is 0.454 e. The van der Waals surface area contributed by atoms with E-state index in [4.69, 9.17) is 4.42 Å². The molecular formula is C36H23NO. The van der Waals surface area contributed by atoms with Gasteiger partial charge in [-0.2, -0.15) is 0 Å². The Morgan fingerprint density at radius 3 is 2.13 bits per heavy atom. The van der Waals surface area contributed by atoms with E-state index < -0.39 is 0 Å². The molecule has 1 aromatic heterocycles. The maximum Gasteiger partial charge on any atom is 0.159 e. The van der Waals surface area contributed by atoms with Crippen molar-refractivity contribution in [2.75, 3.05) is 5.32 Å². The number of rotatable bonds is 3. The lowest BCUT2D eigenvalue weighted by Crippen LogP contribution is -1.92. The average Bonchev–Trinajstić information content (AvgIpc) is 3.37. The minimum atomic E-state index is 0.884. The predicted molar refractivity (Wildman–Crippen MR) is 161 cm³/mol. The Hall–Kier alpha value is -5.08. The number of benzene rings is 7. The van der Waals surface area contributed by atoms with Crippen LogP contribution in [0.25, 0.3) is 65.4 Å². The Labute approximate surface area is 219 Å². The van der Waals surface area contributed by atoms with Gasteiger partial charge in [0.1, 0.15) is 5.58 Å². The molecule has 0 radical (unpaired) electrons. The van der Waals surface area contributed by atoms with Crippen molar-refractivity contribution in [2.45, 2.75) is 0 Å². The van der Waals surface area contributed by atoms with E-state index >= 15 is 0 Å². The molecule has 0 atom stereocenters. The maximum atomic E-state index is 6.40. The zero-order chi connectivity index (χ0) is 25.1. The SMILES string of the molecule is c1ccc2cc(-c3cccc4cc(Nc5cc6ccccc6c6c5oc5ccccc56)ccc34)ccc2c1. The van der Waals surface area contributed by atoms with Crippen LogP contribution in [0.2, 0.25) is 0 Å². The van der Waals surface area contributed by atoms with Crippen molar-refractivity contribution >= 4 is 65.6 Å². The fourth-order valence-corrected chi connectivity index (χ4v) is 5.79. The van der Waals surface area contributed by atoms with Gasteiger partial charge in [0.05, 0.1) is 5.69 Å². The van der Waals surface area contributed by atoms with Crippen molar-refractivity contribution in [3.05, 3.63) is 133 Å². The third-order valence-corrected chi connectivity index (χ3v) is 7.59. The summed E-state index contributed by atoms with van der Waals surface area (Å²) in [4.78, 5) is 0. The van der Waals surface area contributed by atoms with Gasteiger partial charge < -0.3 is 9.73 Å². The minimum absolute atomic E-state index is 0.884. The first-order valence-electron chi connectivity index (χ1n) is 12.9. The summed E-state index contributed by atoms with van der Waals surface area (Å²) in [5.74, 6) is 0. The Morgan fingerprint density at radius 1 is 0.474 bits per heavy atom. The Morgan fingerprint density at radius 2 is 1.21 bits per heavy atom. The van der Waals surface area contributed by atoms with E-state index in [1.807, 2.05) is 12.1 Å². The third kappa shape index (κ3) is 3.28. The van der Waals surface area contributed by atoms with E-state index in [0.717, 1.165) is 33.3 Å². The molecule has 8 rings (SSSR count). The molecule has 0 bridgehead atoms. The van der Waals surface area contributed by atoms with E-state index in [1.165, 1.54) is 43.4 Å². The van der Waals surface area contributed by atoms with Crippen LogP contribution < -0.4 is 5.32 Å². The maximum absolute atomic E-state index is 6.40. The molecule has 38 heavy (non-hydrogen) atoms. The minimum Gasteiger partial charge on any atom is -0.454 e. The van der Waals surface area contributed by atoms with E-state index in [-0.39, 0.29) is 0 Å². The molecule has 0 spiro atoms. The molecule has 7 aromatic carbocycles. The van der Waals surface area contributed by atoms with Crippen LogP contribution in [-0.2, 0) is 0 Å². The second kappa shape index (κ2) is 8.22. The molecule has 8 aromatic rings. The van der Waals surface area contributed by atoms with Crippen LogP contribution in [0.3, 0.4) is 0 Å². The Bertz CT molecular complexity index is 2170. The monoisotopic (exact) mass is 485 g/mol. The summed E-state index contributed by atoms with van der Waals surface area (Å²) < 4.78 is 6.40. The highest BCUT2D eigenvalue weighted by atomic mass is 16.3. The van der Waals surface area contributed by atoms with Crippen LogP contribution in [0.15, 0.2) is 138 Å². The Balaban J connectivity index is 1.26. The standard InChI is InChI=1S/C36H23NO/c1-2-9-24-20-27(17-16-23(24)8-1)29-14-7-11-25-21-28(18-19-30(25)29)37-33-22-26-10-3-4-12-31(26)35-32-13-5-6-15-34(32)38-36(33)35/h1-22,37H. The van der Waals surface area contributed by atoms with Crippen LogP contribution in [0.5, 0.6) is 0 Å². The fourth-order valence-electron chi connectivity index (χ4n) is 5.79. The zero-order valence-electron chi connectivity index (χ0n) is 20.6. The van der Waals surface area contributed by atoms with Crippen LogP contribution in [-0.4, -0.2) is 0 Å². The van der Waals surface area contributed by atoms with Crippen molar-refractivity contribution in [1.29, 1.82) is 0 Å². The summed E-state index contributed by atoms with van der Waals surface area (Å²) in [6.45, 7) is 0. The number of fused-ring (bicyclic) bond motifs is 7. The first-order chi connectivity index (χ1) is 18.8. The summed E-state index contributed by atoms with van der Waals surface area (Å²) in [6, 6.07) is 47.4. The molecule has 0 aliphatic heterocycles. The van der Waals surface area contributed by atoms with Crippen molar-refractivity contribution in [3.8, 4) is 11.1 Å². The van der Waals surface area contributed by atoms with Crippen molar-refractivity contribution in [1.82, 2.24) is 0 Å². The predicted octanol–water partition coefficient (Wildman–Crippen LogP) is 10.5. The van der Waals surface area contributed by atoms with Crippen molar-refractivity contribution in [2.24, 2.45) is 0 Å². The summed E-state index contributed by atoms with van der Waals surface area (Å²) in [5, 5.41) is 13.3. The van der Waals surface area contributed by atoms with Crippen LogP contribution in [0, 0.1) is 0 Å². The summed E-state index contributed by atoms with van der Waals surface area (Å²) in [7, 11) is 0. The quantitative estimate of drug-likeness (QED) is 0.269. The molecule has 0 saturated heterocycles. The second-order valence-electron chi connectivity index (χ2n) is 9.88. The van der Waals surface area contributed by atoms with Crippen LogP contribution >= 0.6 is 0 Å². The second-order valence-corrected chi connectivity index (χ2v) is 9.88. The third-order valence-electron chi connectivity index (χ3n) is 7.59. The van der Waals surface area contributed by atoms with Crippen molar-refractivity contribution < 1.29 is 4.42 Å². The number of para-hydroxylation sites is 1. The van der Waals surface area contributed by atoms with Crippen LogP contribution in [0.1, 0.15) is 0 Å². The normalized spacial score (nSPS) is 11.7. The highest BCUT2D eigenvalue weighted by Gasteiger charge is 2.15. The zero-order valence-corrected chi connectivity index (χ0v) is 20.6. The van der Waals surface area contributed by atoms with E-state index in [2.05, 4.69) is 127 Å². The highest BCUT2D eigenvalue weighted by molar-refractivity contribution is 6.22. The van der Waals surface area contributed by atoms with Gasteiger partial charge in [-0.1, -0.05) is 103 Å². The number of hydrogen-bond donors (Lipinski definition) is 1. The van der Waals surface area contributed by atoms with Gasteiger partial charge in [0.25, 0.3) is 0 Å². The van der Waals surface area contributed by atoms with Gasteiger partial charge in [0, 0.05) is 16.5 Å². The van der Waals surface area contributed by atoms with Crippen molar-refractivity contribution in [3.63, 3.8) is 0 Å². The summed E-state index contributed by atoms with van der Waals surface area (Å²) in [5.41, 5.74) is 6.26. The number of anilines is 2. The topological polar surface area (TPSA) is 25.2 Å². The van der Waals surface area contributed by atoms with E-state index in [1.54, 1.807) is 0 Å². The molecular weight excluding hydrogens is 462 g/mol. The van der Waals surface area contributed by atoms with E-state index in [9.17, 15) is 0 Å². The lowest BCUT2D eigenvalue weighted by molar-refractivity contribution is 0.670. The molecule has 0 unspecified atom stereocenters. The molecule has 1 N–H and O–H groups in total. The van der Waals surface area contributed by atoms with Gasteiger partial charge in [0.15, 0.2) is 5.58 Å². The molecule has 0 aliphatic carbocycles. The first kappa shape index (κ1) is 21.0. The lowest BCUT2D eigenvalue weighted by Gasteiger charge is -2.12. The van der Waals surface area contributed by atoms with Gasteiger partial charge in [-0.3, -0.25) is 0 Å². The fraction of sp³-hybridized carbons (Fsp3) is 0. The molecule has 0 amide bonds. The summed E-state index contributed by atoms with van der Waals surface area (Å²) >= 11 is 0. The molecule has 178 valence electrons. The van der Waals surface area contributed by atoms with Gasteiger partial charge >= 0.3 is 0 Å². The van der Waals surface area contributed by atoms with Crippen LogP contribution in [0.4, 0.5) is 11.4 Å². The smallest absolute Gasteiger partial charge is 0.159 e. The molecule has 0 fully saturated rings. The first-order valence-corrected chi connectivity index (χ1v) is 12.9. The molecule has 0 saturated carbocycles. The average molecular weight is 486 g/mol. The highest BCUT2D eigenvalue weighted by Crippen LogP contribution is 2.40. The molecule has 0 aliphatic rings. The van der Waals surface area contributed by atoms with Gasteiger partial charge in [-0.15, -0.1) is 0 Å².